The van der Waals surface area contributed by atoms with Gasteiger partial charge in [0.1, 0.15) is 9.09 Å². The zero-order chi connectivity index (χ0) is 17.3. The SMILES string of the molecule is O=C(O)c1sc(-c2ccccc2)cc1NS(=O)(=O)c1ccc(Cl)s1. The smallest absolute Gasteiger partial charge is 0.348 e. The van der Waals surface area contributed by atoms with Crippen LogP contribution in [0, 0.1) is 0 Å². The number of rotatable bonds is 5. The van der Waals surface area contributed by atoms with Crippen molar-refractivity contribution in [3.05, 3.63) is 57.7 Å². The molecule has 24 heavy (non-hydrogen) atoms. The molecule has 3 aromatic rings. The summed E-state index contributed by atoms with van der Waals surface area (Å²) in [5.74, 6) is -1.19. The molecule has 0 aliphatic rings. The van der Waals surface area contributed by atoms with Gasteiger partial charge in [0.15, 0.2) is 0 Å². The number of sulfonamides is 1. The lowest BCUT2D eigenvalue weighted by Gasteiger charge is -2.05. The number of carbonyl (C=O) groups is 1. The highest BCUT2D eigenvalue weighted by atomic mass is 35.5. The van der Waals surface area contributed by atoms with E-state index in [4.69, 9.17) is 11.6 Å². The summed E-state index contributed by atoms with van der Waals surface area (Å²) in [6.07, 6.45) is 0. The lowest BCUT2D eigenvalue weighted by molar-refractivity contribution is 0.0703. The Kier molecular flexibility index (Phi) is 4.64. The van der Waals surface area contributed by atoms with E-state index in [0.29, 0.717) is 9.21 Å². The molecular weight excluding hydrogens is 390 g/mol. The first-order chi connectivity index (χ1) is 11.4. The molecule has 1 aromatic carbocycles. The molecule has 0 unspecified atom stereocenters. The number of nitrogens with one attached hydrogen (secondary N) is 1. The van der Waals surface area contributed by atoms with Gasteiger partial charge in [0.05, 0.1) is 10.0 Å². The van der Waals surface area contributed by atoms with E-state index in [1.807, 2.05) is 30.3 Å². The van der Waals surface area contributed by atoms with Crippen LogP contribution in [0.2, 0.25) is 4.34 Å². The fraction of sp³-hybridized carbons (Fsp3) is 0. The first-order valence-electron chi connectivity index (χ1n) is 6.57. The average molecular weight is 400 g/mol. The van der Waals surface area contributed by atoms with Gasteiger partial charge in [-0.15, -0.1) is 22.7 Å². The molecule has 0 aliphatic carbocycles. The van der Waals surface area contributed by atoms with Gasteiger partial charge in [-0.2, -0.15) is 0 Å². The quantitative estimate of drug-likeness (QED) is 0.655. The monoisotopic (exact) mass is 399 g/mol. The number of benzene rings is 1. The van der Waals surface area contributed by atoms with Gasteiger partial charge in [-0.05, 0) is 23.8 Å². The maximum Gasteiger partial charge on any atom is 0.348 e. The normalized spacial score (nSPS) is 11.4. The Balaban J connectivity index is 2.01. The van der Waals surface area contributed by atoms with E-state index < -0.39 is 16.0 Å². The fourth-order valence-corrected chi connectivity index (χ4v) is 5.58. The number of hydrogen-bond acceptors (Lipinski definition) is 5. The van der Waals surface area contributed by atoms with E-state index in [-0.39, 0.29) is 14.8 Å². The summed E-state index contributed by atoms with van der Waals surface area (Å²) in [6.45, 7) is 0. The van der Waals surface area contributed by atoms with Crippen LogP contribution in [0.1, 0.15) is 9.67 Å². The average Bonchev–Trinajstić information content (AvgIpc) is 3.15. The maximum absolute atomic E-state index is 12.4. The molecule has 0 saturated carbocycles. The summed E-state index contributed by atoms with van der Waals surface area (Å²) >= 11 is 7.68. The predicted octanol–water partition coefficient (Wildman–Crippen LogP) is 4.63. The Bertz CT molecular complexity index is 993. The van der Waals surface area contributed by atoms with Crippen molar-refractivity contribution in [2.45, 2.75) is 4.21 Å². The molecule has 5 nitrogen and oxygen atoms in total. The molecule has 0 radical (unpaired) electrons. The van der Waals surface area contributed by atoms with E-state index in [0.717, 1.165) is 28.2 Å². The summed E-state index contributed by atoms with van der Waals surface area (Å²) in [4.78, 5) is 12.0. The number of carboxylic acid groups (broad SMARTS) is 1. The Morgan fingerprint density at radius 3 is 2.38 bits per heavy atom. The van der Waals surface area contributed by atoms with Crippen molar-refractivity contribution in [2.24, 2.45) is 0 Å². The minimum atomic E-state index is -3.89. The molecule has 0 bridgehead atoms. The van der Waals surface area contributed by atoms with Crippen molar-refractivity contribution in [2.75, 3.05) is 4.72 Å². The van der Waals surface area contributed by atoms with Gasteiger partial charge in [-0.1, -0.05) is 41.9 Å². The lowest BCUT2D eigenvalue weighted by atomic mass is 10.2. The molecule has 0 fully saturated rings. The van der Waals surface area contributed by atoms with Crippen LogP contribution < -0.4 is 4.72 Å². The molecule has 2 aromatic heterocycles. The number of hydrogen-bond donors (Lipinski definition) is 2. The van der Waals surface area contributed by atoms with Gasteiger partial charge in [-0.3, -0.25) is 4.72 Å². The third-order valence-corrected chi connectivity index (χ3v) is 7.30. The van der Waals surface area contributed by atoms with Crippen LogP contribution in [0.3, 0.4) is 0 Å². The summed E-state index contributed by atoms with van der Waals surface area (Å²) in [5, 5.41) is 9.35. The second kappa shape index (κ2) is 6.56. The second-order valence-electron chi connectivity index (χ2n) is 4.69. The van der Waals surface area contributed by atoms with E-state index in [9.17, 15) is 18.3 Å². The van der Waals surface area contributed by atoms with E-state index >= 15 is 0 Å². The minimum absolute atomic E-state index is 0.0244. The zero-order valence-electron chi connectivity index (χ0n) is 11.9. The summed E-state index contributed by atoms with van der Waals surface area (Å²) in [5.41, 5.74) is 0.852. The van der Waals surface area contributed by atoms with E-state index in [2.05, 4.69) is 4.72 Å². The number of anilines is 1. The van der Waals surface area contributed by atoms with Gasteiger partial charge in [0.2, 0.25) is 0 Å². The number of aromatic carboxylic acids is 1. The molecule has 0 amide bonds. The highest BCUT2D eigenvalue weighted by Gasteiger charge is 2.23. The molecule has 2 heterocycles. The van der Waals surface area contributed by atoms with Crippen LogP contribution in [0.15, 0.2) is 52.7 Å². The summed E-state index contributed by atoms with van der Waals surface area (Å²) in [7, 11) is -3.89. The van der Waals surface area contributed by atoms with Gasteiger partial charge in [0.25, 0.3) is 10.0 Å². The molecule has 0 aliphatic heterocycles. The fourth-order valence-electron chi connectivity index (χ4n) is 2.01. The van der Waals surface area contributed by atoms with Crippen molar-refractivity contribution < 1.29 is 18.3 Å². The minimum Gasteiger partial charge on any atom is -0.477 e. The van der Waals surface area contributed by atoms with Crippen LogP contribution >= 0.6 is 34.3 Å². The molecule has 3 rings (SSSR count). The summed E-state index contributed by atoms with van der Waals surface area (Å²) in [6, 6.07) is 13.5. The lowest BCUT2D eigenvalue weighted by Crippen LogP contribution is -2.13. The second-order valence-corrected chi connectivity index (χ2v) is 9.37. The van der Waals surface area contributed by atoms with Crippen LogP contribution in [0.4, 0.5) is 5.69 Å². The number of carboxylic acids is 1. The van der Waals surface area contributed by atoms with Crippen LogP contribution in [0.25, 0.3) is 10.4 Å². The van der Waals surface area contributed by atoms with Gasteiger partial charge >= 0.3 is 5.97 Å². The largest absolute Gasteiger partial charge is 0.477 e. The van der Waals surface area contributed by atoms with Crippen LogP contribution in [-0.4, -0.2) is 19.5 Å². The first kappa shape index (κ1) is 17.0. The van der Waals surface area contributed by atoms with Gasteiger partial charge in [0, 0.05) is 4.88 Å². The Labute approximate surface area is 151 Å². The van der Waals surface area contributed by atoms with E-state index in [1.54, 1.807) is 0 Å². The number of thiophene rings is 2. The first-order valence-corrected chi connectivity index (χ1v) is 10.1. The van der Waals surface area contributed by atoms with E-state index in [1.165, 1.54) is 18.2 Å². The third kappa shape index (κ3) is 3.46. The van der Waals surface area contributed by atoms with Gasteiger partial charge < -0.3 is 5.11 Å². The highest BCUT2D eigenvalue weighted by molar-refractivity contribution is 7.94. The van der Waals surface area contributed by atoms with Crippen molar-refractivity contribution in [3.63, 3.8) is 0 Å². The zero-order valence-corrected chi connectivity index (χ0v) is 15.1. The van der Waals surface area contributed by atoms with Crippen LogP contribution in [0.5, 0.6) is 0 Å². The molecule has 0 atom stereocenters. The maximum atomic E-state index is 12.4. The van der Waals surface area contributed by atoms with Gasteiger partial charge in [-0.25, -0.2) is 13.2 Å². The van der Waals surface area contributed by atoms with Crippen molar-refractivity contribution in [3.8, 4) is 10.4 Å². The molecule has 124 valence electrons. The number of halogens is 1. The highest BCUT2D eigenvalue weighted by Crippen LogP contribution is 2.36. The Morgan fingerprint density at radius 1 is 1.08 bits per heavy atom. The predicted molar refractivity (Wildman–Crippen MR) is 96.9 cm³/mol. The molecule has 0 spiro atoms. The molecule has 0 saturated heterocycles. The Hall–Kier alpha value is -1.87. The van der Waals surface area contributed by atoms with Crippen molar-refractivity contribution in [1.29, 1.82) is 0 Å². The molecule has 2 N–H and O–H groups in total. The topological polar surface area (TPSA) is 83.5 Å². The van der Waals surface area contributed by atoms with Crippen LogP contribution in [-0.2, 0) is 10.0 Å². The Morgan fingerprint density at radius 2 is 1.79 bits per heavy atom. The van der Waals surface area contributed by atoms with Crippen molar-refractivity contribution in [1.82, 2.24) is 0 Å². The molecular formula is C15H10ClNO4S3. The standard InChI is InChI=1S/C15H10ClNO4S3/c16-12-6-7-13(23-12)24(20,21)17-10-8-11(22-14(10)15(18)19)9-4-2-1-3-5-9/h1-8,17H,(H,18,19). The molecule has 9 heteroatoms. The van der Waals surface area contributed by atoms with Crippen molar-refractivity contribution >= 4 is 56.0 Å². The summed E-state index contributed by atoms with van der Waals surface area (Å²) < 4.78 is 27.5. The third-order valence-electron chi connectivity index (χ3n) is 3.04.